The number of aliphatic hydroxyl groups is 1. The Morgan fingerprint density at radius 1 is 1.30 bits per heavy atom. The molecule has 148 valence electrons. The number of aromatic nitrogens is 1. The molecule has 3 rings (SSSR count). The largest absolute Gasteiger partial charge is 0.443 e. The molecular weight excluding hydrogens is 340 g/mol. The van der Waals surface area contributed by atoms with Gasteiger partial charge in [0.25, 0.3) is 0 Å². The fraction of sp³-hybridized carbons (Fsp3) is 0.591. The Labute approximate surface area is 161 Å². The number of carbonyl (C=O) groups is 1. The lowest BCUT2D eigenvalue weighted by Gasteiger charge is -2.21. The van der Waals surface area contributed by atoms with Crippen LogP contribution >= 0.6 is 0 Å². The molecule has 0 bridgehead atoms. The van der Waals surface area contributed by atoms with Gasteiger partial charge in [-0.3, -0.25) is 0 Å². The van der Waals surface area contributed by atoms with Gasteiger partial charge in [0, 0.05) is 23.7 Å². The van der Waals surface area contributed by atoms with E-state index >= 15 is 0 Å². The van der Waals surface area contributed by atoms with Gasteiger partial charge in [0.1, 0.15) is 5.60 Å². The number of ether oxygens (including phenoxy) is 1. The summed E-state index contributed by atoms with van der Waals surface area (Å²) in [7, 11) is 0. The van der Waals surface area contributed by atoms with Crippen LogP contribution in [0.2, 0.25) is 0 Å². The first-order chi connectivity index (χ1) is 12.7. The topological polar surface area (TPSA) is 63.5 Å². The highest BCUT2D eigenvalue weighted by atomic mass is 16.6. The Morgan fingerprint density at radius 2 is 2.04 bits per heavy atom. The summed E-state index contributed by atoms with van der Waals surface area (Å²) in [5.41, 5.74) is 2.44. The van der Waals surface area contributed by atoms with Crippen molar-refractivity contribution in [1.29, 1.82) is 0 Å². The van der Waals surface area contributed by atoms with Gasteiger partial charge in [0.15, 0.2) is 0 Å². The first-order valence-corrected chi connectivity index (χ1v) is 9.95. The molecule has 1 aromatic heterocycles. The van der Waals surface area contributed by atoms with Crippen LogP contribution < -0.4 is 5.32 Å². The van der Waals surface area contributed by atoms with Crippen LogP contribution in [0.3, 0.4) is 0 Å². The molecule has 2 N–H and O–H groups in total. The predicted molar refractivity (Wildman–Crippen MR) is 108 cm³/mol. The Morgan fingerprint density at radius 3 is 2.63 bits per heavy atom. The van der Waals surface area contributed by atoms with Crippen molar-refractivity contribution < 1.29 is 14.6 Å². The summed E-state index contributed by atoms with van der Waals surface area (Å²) in [6, 6.07) is 8.42. The third kappa shape index (κ3) is 4.53. The highest BCUT2D eigenvalue weighted by molar-refractivity contribution is 5.91. The average molecular weight is 373 g/mol. The van der Waals surface area contributed by atoms with Crippen molar-refractivity contribution in [1.82, 2.24) is 9.88 Å². The van der Waals surface area contributed by atoms with Crippen LogP contribution in [0.5, 0.6) is 0 Å². The minimum absolute atomic E-state index is 0.179. The van der Waals surface area contributed by atoms with Crippen molar-refractivity contribution in [3.05, 3.63) is 35.5 Å². The number of benzene rings is 1. The third-order valence-corrected chi connectivity index (χ3v) is 5.11. The van der Waals surface area contributed by atoms with Crippen LogP contribution in [-0.4, -0.2) is 33.5 Å². The molecular formula is C22H32N2O3. The van der Waals surface area contributed by atoms with E-state index in [0.717, 1.165) is 41.4 Å². The number of fused-ring (bicyclic) bond motifs is 1. The van der Waals surface area contributed by atoms with Crippen LogP contribution in [0, 0.1) is 0 Å². The molecule has 5 nitrogen and oxygen atoms in total. The fourth-order valence-corrected chi connectivity index (χ4v) is 3.76. The van der Waals surface area contributed by atoms with Crippen LogP contribution in [-0.2, 0) is 11.3 Å². The van der Waals surface area contributed by atoms with Gasteiger partial charge in [-0.15, -0.1) is 0 Å². The summed E-state index contributed by atoms with van der Waals surface area (Å²) in [6.45, 7) is 10.5. The SMILES string of the molecule is CC(C)c1cc2cc(CNC3CCCC3O)ccc2n1C(=O)OC(C)(C)C. The molecule has 1 heterocycles. The summed E-state index contributed by atoms with van der Waals surface area (Å²) < 4.78 is 7.32. The molecule has 27 heavy (non-hydrogen) atoms. The first-order valence-electron chi connectivity index (χ1n) is 9.95. The number of hydrogen-bond donors (Lipinski definition) is 2. The smallest absolute Gasteiger partial charge is 0.419 e. The summed E-state index contributed by atoms with van der Waals surface area (Å²) in [5.74, 6) is 0.208. The number of nitrogens with zero attached hydrogens (tertiary/aromatic N) is 1. The van der Waals surface area contributed by atoms with E-state index in [1.807, 2.05) is 32.9 Å². The van der Waals surface area contributed by atoms with Gasteiger partial charge in [-0.25, -0.2) is 9.36 Å². The van der Waals surface area contributed by atoms with Crippen molar-refractivity contribution in [2.45, 2.75) is 84.1 Å². The second-order valence-corrected chi connectivity index (χ2v) is 8.92. The molecule has 1 aromatic carbocycles. The number of nitrogens with one attached hydrogen (secondary N) is 1. The van der Waals surface area contributed by atoms with Crippen molar-refractivity contribution >= 4 is 17.0 Å². The Balaban J connectivity index is 1.87. The first kappa shape index (κ1) is 19.9. The van der Waals surface area contributed by atoms with Crippen LogP contribution in [0.15, 0.2) is 24.3 Å². The molecule has 1 aliphatic rings. The van der Waals surface area contributed by atoms with E-state index in [9.17, 15) is 9.90 Å². The summed E-state index contributed by atoms with van der Waals surface area (Å²) in [6.07, 6.45) is 2.41. The van der Waals surface area contributed by atoms with E-state index in [1.165, 1.54) is 0 Å². The van der Waals surface area contributed by atoms with Gasteiger partial charge < -0.3 is 15.2 Å². The normalized spacial score (nSPS) is 20.6. The zero-order valence-corrected chi connectivity index (χ0v) is 17.1. The second kappa shape index (κ2) is 7.64. The third-order valence-electron chi connectivity index (χ3n) is 5.11. The van der Waals surface area contributed by atoms with Crippen LogP contribution in [0.25, 0.3) is 10.9 Å². The van der Waals surface area contributed by atoms with Crippen molar-refractivity contribution in [3.8, 4) is 0 Å². The fourth-order valence-electron chi connectivity index (χ4n) is 3.76. The van der Waals surface area contributed by atoms with Gasteiger partial charge in [-0.05, 0) is 69.7 Å². The molecule has 1 aliphatic carbocycles. The number of rotatable bonds is 4. The quantitative estimate of drug-likeness (QED) is 0.826. The van der Waals surface area contributed by atoms with E-state index in [4.69, 9.17) is 4.74 Å². The lowest BCUT2D eigenvalue weighted by molar-refractivity contribution is 0.0539. The van der Waals surface area contributed by atoms with E-state index in [2.05, 4.69) is 31.3 Å². The minimum Gasteiger partial charge on any atom is -0.443 e. The average Bonchev–Trinajstić information content (AvgIpc) is 3.14. The van der Waals surface area contributed by atoms with Crippen molar-refractivity contribution in [3.63, 3.8) is 0 Å². The van der Waals surface area contributed by atoms with Gasteiger partial charge in [0.2, 0.25) is 0 Å². The van der Waals surface area contributed by atoms with E-state index in [1.54, 1.807) is 4.57 Å². The zero-order valence-electron chi connectivity index (χ0n) is 17.1. The van der Waals surface area contributed by atoms with E-state index in [-0.39, 0.29) is 24.2 Å². The van der Waals surface area contributed by atoms with Gasteiger partial charge in [0.05, 0.1) is 11.6 Å². The maximum absolute atomic E-state index is 12.8. The van der Waals surface area contributed by atoms with Crippen molar-refractivity contribution in [2.24, 2.45) is 0 Å². The molecule has 1 saturated carbocycles. The maximum atomic E-state index is 12.8. The van der Waals surface area contributed by atoms with Crippen molar-refractivity contribution in [2.75, 3.05) is 0 Å². The van der Waals surface area contributed by atoms with Crippen LogP contribution in [0.4, 0.5) is 4.79 Å². The molecule has 2 unspecified atom stereocenters. The Hall–Kier alpha value is -1.85. The Bertz CT molecular complexity index is 817. The lowest BCUT2D eigenvalue weighted by Crippen LogP contribution is -2.35. The monoisotopic (exact) mass is 372 g/mol. The molecule has 2 atom stereocenters. The van der Waals surface area contributed by atoms with Gasteiger partial charge in [-0.2, -0.15) is 0 Å². The lowest BCUT2D eigenvalue weighted by atomic mass is 10.1. The molecule has 0 aliphatic heterocycles. The molecule has 0 radical (unpaired) electrons. The number of aliphatic hydroxyl groups excluding tert-OH is 1. The maximum Gasteiger partial charge on any atom is 0.419 e. The molecule has 2 aromatic rings. The summed E-state index contributed by atoms with van der Waals surface area (Å²) >= 11 is 0. The van der Waals surface area contributed by atoms with E-state index < -0.39 is 5.60 Å². The molecule has 0 saturated heterocycles. The number of hydrogen-bond acceptors (Lipinski definition) is 4. The zero-order chi connectivity index (χ0) is 19.8. The molecule has 0 amide bonds. The predicted octanol–water partition coefficient (Wildman–Crippen LogP) is 4.55. The molecule has 5 heteroatoms. The Kier molecular flexibility index (Phi) is 5.63. The standard InChI is InChI=1S/C22H32N2O3/c1-14(2)19-12-16-11-15(13-23-17-7-6-8-20(17)25)9-10-18(16)24(19)21(26)27-22(3,4)5/h9-12,14,17,20,23,25H,6-8,13H2,1-5H3. The highest BCUT2D eigenvalue weighted by Crippen LogP contribution is 2.28. The van der Waals surface area contributed by atoms with Crippen LogP contribution in [0.1, 0.15) is 71.1 Å². The number of carbonyl (C=O) groups excluding carboxylic acids is 1. The second-order valence-electron chi connectivity index (χ2n) is 8.92. The highest BCUT2D eigenvalue weighted by Gasteiger charge is 2.25. The summed E-state index contributed by atoms with van der Waals surface area (Å²) in [5, 5.41) is 14.5. The van der Waals surface area contributed by atoms with Gasteiger partial charge in [-0.1, -0.05) is 19.9 Å². The van der Waals surface area contributed by atoms with E-state index in [0.29, 0.717) is 6.54 Å². The molecule has 1 fully saturated rings. The summed E-state index contributed by atoms with van der Waals surface area (Å²) in [4.78, 5) is 12.8. The van der Waals surface area contributed by atoms with Gasteiger partial charge >= 0.3 is 6.09 Å². The minimum atomic E-state index is -0.534. The molecule has 0 spiro atoms.